The molecule has 2 rings (SSSR count). The van der Waals surface area contributed by atoms with Gasteiger partial charge in [-0.15, -0.1) is 0 Å². The van der Waals surface area contributed by atoms with Crippen molar-refractivity contribution in [3.05, 3.63) is 22.8 Å². The third-order valence-corrected chi connectivity index (χ3v) is 3.99. The maximum absolute atomic E-state index is 11.2. The summed E-state index contributed by atoms with van der Waals surface area (Å²) in [6.45, 7) is 2.20. The first kappa shape index (κ1) is 14.1. The van der Waals surface area contributed by atoms with Gasteiger partial charge in [-0.1, -0.05) is 37.8 Å². The van der Waals surface area contributed by atoms with Gasteiger partial charge in [0, 0.05) is 6.04 Å². The summed E-state index contributed by atoms with van der Waals surface area (Å²) in [6.07, 6.45) is 5.88. The Bertz CT molecular complexity index is 465. The number of nitrogens with one attached hydrogen (secondary N) is 1. The average Bonchev–Trinajstić information content (AvgIpc) is 2.55. The molecule has 0 spiro atoms. The van der Waals surface area contributed by atoms with Crippen molar-refractivity contribution in [1.82, 2.24) is 4.98 Å². The van der Waals surface area contributed by atoms with E-state index in [0.29, 0.717) is 16.9 Å². The number of halogens is 1. The fraction of sp³-hybridized carbons (Fsp3) is 0.571. The molecule has 1 fully saturated rings. The van der Waals surface area contributed by atoms with Crippen molar-refractivity contribution in [2.45, 2.75) is 45.1 Å². The molecule has 4 nitrogen and oxygen atoms in total. The van der Waals surface area contributed by atoms with Gasteiger partial charge in [0.15, 0.2) is 0 Å². The van der Waals surface area contributed by atoms with Gasteiger partial charge in [0.25, 0.3) is 0 Å². The maximum Gasteiger partial charge on any atom is 0.339 e. The van der Waals surface area contributed by atoms with Crippen LogP contribution in [0.25, 0.3) is 0 Å². The van der Waals surface area contributed by atoms with Crippen molar-refractivity contribution in [3.63, 3.8) is 0 Å². The van der Waals surface area contributed by atoms with Crippen LogP contribution in [0.1, 0.15) is 49.4 Å². The minimum Gasteiger partial charge on any atom is -0.478 e. The predicted molar refractivity (Wildman–Crippen MR) is 75.9 cm³/mol. The molecule has 2 unspecified atom stereocenters. The van der Waals surface area contributed by atoms with E-state index in [4.69, 9.17) is 11.6 Å². The minimum absolute atomic E-state index is 0.181. The molecule has 5 heteroatoms. The summed E-state index contributed by atoms with van der Waals surface area (Å²) in [5, 5.41) is 12.8. The Morgan fingerprint density at radius 3 is 2.84 bits per heavy atom. The molecule has 2 atom stereocenters. The molecule has 2 N–H and O–H groups in total. The van der Waals surface area contributed by atoms with Gasteiger partial charge in [0.2, 0.25) is 0 Å². The van der Waals surface area contributed by atoms with Crippen LogP contribution in [-0.2, 0) is 0 Å². The topological polar surface area (TPSA) is 62.2 Å². The number of carboxylic acid groups (broad SMARTS) is 1. The van der Waals surface area contributed by atoms with Crippen molar-refractivity contribution >= 4 is 23.4 Å². The fourth-order valence-electron chi connectivity index (χ4n) is 2.60. The molecule has 0 amide bonds. The van der Waals surface area contributed by atoms with Crippen LogP contribution in [0.5, 0.6) is 0 Å². The Hall–Kier alpha value is -1.29. The van der Waals surface area contributed by atoms with E-state index < -0.39 is 5.97 Å². The smallest absolute Gasteiger partial charge is 0.339 e. The SMILES string of the molecule is CC1CCCCCC1Nc1nc(Cl)ccc1C(=O)O. The number of pyridine rings is 1. The number of hydrogen-bond donors (Lipinski definition) is 2. The van der Waals surface area contributed by atoms with Crippen molar-refractivity contribution in [1.29, 1.82) is 0 Å². The first-order chi connectivity index (χ1) is 9.08. The summed E-state index contributed by atoms with van der Waals surface area (Å²) in [5.74, 6) is -0.0726. The normalized spacial score (nSPS) is 23.7. The Labute approximate surface area is 118 Å². The van der Waals surface area contributed by atoms with Crippen LogP contribution in [0.3, 0.4) is 0 Å². The lowest BCUT2D eigenvalue weighted by molar-refractivity contribution is 0.0697. The molecule has 0 radical (unpaired) electrons. The molecule has 1 aromatic heterocycles. The van der Waals surface area contributed by atoms with Gasteiger partial charge >= 0.3 is 5.97 Å². The minimum atomic E-state index is -0.979. The second kappa shape index (κ2) is 6.24. The van der Waals surface area contributed by atoms with E-state index in [1.54, 1.807) is 0 Å². The summed E-state index contributed by atoms with van der Waals surface area (Å²) < 4.78 is 0. The number of anilines is 1. The van der Waals surface area contributed by atoms with Gasteiger partial charge in [-0.3, -0.25) is 0 Å². The lowest BCUT2D eigenvalue weighted by atomic mass is 9.97. The first-order valence-electron chi connectivity index (χ1n) is 6.74. The predicted octanol–water partition coefficient (Wildman–Crippen LogP) is 3.81. The van der Waals surface area contributed by atoms with Gasteiger partial charge in [-0.25, -0.2) is 9.78 Å². The summed E-state index contributed by atoms with van der Waals surface area (Å²) in [6, 6.07) is 3.28. The lowest BCUT2D eigenvalue weighted by Crippen LogP contribution is -2.27. The van der Waals surface area contributed by atoms with Crippen molar-refractivity contribution < 1.29 is 9.90 Å². The van der Waals surface area contributed by atoms with Gasteiger partial charge in [0.1, 0.15) is 16.5 Å². The number of nitrogens with zero attached hydrogens (tertiary/aromatic N) is 1. The van der Waals surface area contributed by atoms with Crippen LogP contribution in [-0.4, -0.2) is 22.1 Å². The molecular weight excluding hydrogens is 264 g/mol. The molecule has 104 valence electrons. The quantitative estimate of drug-likeness (QED) is 0.654. The highest BCUT2D eigenvalue weighted by Gasteiger charge is 2.22. The molecule has 1 heterocycles. The highest BCUT2D eigenvalue weighted by atomic mass is 35.5. The molecule has 0 saturated heterocycles. The van der Waals surface area contributed by atoms with Crippen molar-refractivity contribution in [3.8, 4) is 0 Å². The zero-order chi connectivity index (χ0) is 13.8. The van der Waals surface area contributed by atoms with Gasteiger partial charge < -0.3 is 10.4 Å². The van der Waals surface area contributed by atoms with E-state index in [-0.39, 0.29) is 11.6 Å². The van der Waals surface area contributed by atoms with Gasteiger partial charge in [0.05, 0.1) is 0 Å². The Balaban J connectivity index is 2.21. The lowest BCUT2D eigenvalue weighted by Gasteiger charge is -2.24. The third kappa shape index (κ3) is 3.60. The Morgan fingerprint density at radius 1 is 1.37 bits per heavy atom. The Morgan fingerprint density at radius 2 is 2.11 bits per heavy atom. The molecule has 1 aliphatic rings. The second-order valence-corrected chi connectivity index (χ2v) is 5.59. The van der Waals surface area contributed by atoms with E-state index in [1.165, 1.54) is 37.8 Å². The van der Waals surface area contributed by atoms with Crippen LogP contribution < -0.4 is 5.32 Å². The zero-order valence-electron chi connectivity index (χ0n) is 11.0. The highest BCUT2D eigenvalue weighted by molar-refractivity contribution is 6.29. The third-order valence-electron chi connectivity index (χ3n) is 3.78. The van der Waals surface area contributed by atoms with E-state index in [0.717, 1.165) is 6.42 Å². The van der Waals surface area contributed by atoms with E-state index >= 15 is 0 Å². The number of carboxylic acids is 1. The maximum atomic E-state index is 11.2. The Kier molecular flexibility index (Phi) is 4.64. The monoisotopic (exact) mass is 282 g/mol. The fourth-order valence-corrected chi connectivity index (χ4v) is 2.75. The molecule has 0 aromatic carbocycles. The molecule has 1 aromatic rings. The summed E-state index contributed by atoms with van der Waals surface area (Å²) in [4.78, 5) is 15.3. The molecule has 1 aliphatic carbocycles. The van der Waals surface area contributed by atoms with E-state index in [9.17, 15) is 9.90 Å². The van der Waals surface area contributed by atoms with Crippen LogP contribution in [0.15, 0.2) is 12.1 Å². The van der Waals surface area contributed by atoms with Crippen molar-refractivity contribution in [2.24, 2.45) is 5.92 Å². The second-order valence-electron chi connectivity index (χ2n) is 5.20. The number of aromatic carboxylic acids is 1. The molecular formula is C14H19ClN2O2. The van der Waals surface area contributed by atoms with Gasteiger partial charge in [-0.05, 0) is 30.9 Å². The van der Waals surface area contributed by atoms with Crippen LogP contribution in [0, 0.1) is 5.92 Å². The van der Waals surface area contributed by atoms with Crippen LogP contribution >= 0.6 is 11.6 Å². The van der Waals surface area contributed by atoms with Crippen LogP contribution in [0.2, 0.25) is 5.15 Å². The average molecular weight is 283 g/mol. The standard InChI is InChI=1S/C14H19ClN2O2/c1-9-5-3-2-4-6-11(9)16-13-10(14(18)19)7-8-12(15)17-13/h7-9,11H,2-6H2,1H3,(H,16,17)(H,18,19). The van der Waals surface area contributed by atoms with Crippen LogP contribution in [0.4, 0.5) is 5.82 Å². The molecule has 1 saturated carbocycles. The number of hydrogen-bond acceptors (Lipinski definition) is 3. The first-order valence-corrected chi connectivity index (χ1v) is 7.12. The summed E-state index contributed by atoms with van der Waals surface area (Å²) in [7, 11) is 0. The van der Waals surface area contributed by atoms with Gasteiger partial charge in [-0.2, -0.15) is 0 Å². The number of rotatable bonds is 3. The summed E-state index contributed by atoms with van der Waals surface area (Å²) >= 11 is 5.86. The largest absolute Gasteiger partial charge is 0.478 e. The summed E-state index contributed by atoms with van der Waals surface area (Å²) in [5.41, 5.74) is 0.181. The van der Waals surface area contributed by atoms with Crippen molar-refractivity contribution in [2.75, 3.05) is 5.32 Å². The van der Waals surface area contributed by atoms with E-state index in [2.05, 4.69) is 17.2 Å². The number of aromatic nitrogens is 1. The number of carbonyl (C=O) groups is 1. The van der Waals surface area contributed by atoms with E-state index in [1.807, 2.05) is 0 Å². The molecule has 19 heavy (non-hydrogen) atoms. The molecule has 0 bridgehead atoms. The zero-order valence-corrected chi connectivity index (χ0v) is 11.8. The molecule has 0 aliphatic heterocycles. The highest BCUT2D eigenvalue weighted by Crippen LogP contribution is 2.27.